The van der Waals surface area contributed by atoms with Crippen LogP contribution in [0.5, 0.6) is 0 Å². The van der Waals surface area contributed by atoms with Crippen LogP contribution in [0.2, 0.25) is 0 Å². The first-order chi connectivity index (χ1) is 7.32. The highest BCUT2D eigenvalue weighted by Crippen LogP contribution is 2.55. The fraction of sp³-hybridized carbons (Fsp3) is 1.00. The van der Waals surface area contributed by atoms with Crippen molar-refractivity contribution in [1.82, 2.24) is 0 Å². The summed E-state index contributed by atoms with van der Waals surface area (Å²) in [5, 5.41) is 9.81. The van der Waals surface area contributed by atoms with Gasteiger partial charge in [0.25, 0.3) is 0 Å². The van der Waals surface area contributed by atoms with E-state index < -0.39 is 0 Å². The average Bonchev–Trinajstić information content (AvgIpc) is 2.49. The zero-order valence-corrected chi connectivity index (χ0v) is 11.8. The van der Waals surface area contributed by atoms with Gasteiger partial charge in [0.05, 0.1) is 6.10 Å². The molecule has 0 aromatic heterocycles. The lowest BCUT2D eigenvalue weighted by Gasteiger charge is -2.39. The molecule has 1 saturated carbocycles. The molecule has 1 aliphatic rings. The van der Waals surface area contributed by atoms with Crippen LogP contribution in [0.4, 0.5) is 0 Å². The first kappa shape index (κ1) is 14.0. The summed E-state index contributed by atoms with van der Waals surface area (Å²) in [6.07, 6.45) is 7.36. The van der Waals surface area contributed by atoms with Gasteiger partial charge in [-0.2, -0.15) is 0 Å². The summed E-state index contributed by atoms with van der Waals surface area (Å²) in [7, 11) is 0. The Kier molecular flexibility index (Phi) is 4.45. The number of aliphatic hydroxyl groups is 1. The lowest BCUT2D eigenvalue weighted by Crippen LogP contribution is -2.31. The fourth-order valence-corrected chi connectivity index (χ4v) is 3.17. The van der Waals surface area contributed by atoms with Gasteiger partial charge in [0.15, 0.2) is 0 Å². The quantitative estimate of drug-likeness (QED) is 0.737. The van der Waals surface area contributed by atoms with Crippen molar-refractivity contribution < 1.29 is 5.11 Å². The molecule has 0 saturated heterocycles. The maximum atomic E-state index is 9.81. The van der Waals surface area contributed by atoms with E-state index in [0.717, 1.165) is 6.42 Å². The van der Waals surface area contributed by atoms with Crippen molar-refractivity contribution in [2.75, 3.05) is 0 Å². The van der Waals surface area contributed by atoms with Gasteiger partial charge in [0.2, 0.25) is 0 Å². The Balaban J connectivity index is 2.48. The molecule has 1 fully saturated rings. The molecule has 96 valence electrons. The molecule has 1 heteroatoms. The smallest absolute Gasteiger partial charge is 0.0563 e. The van der Waals surface area contributed by atoms with E-state index >= 15 is 0 Å². The molecular formula is C15H30O. The third-order valence-electron chi connectivity index (χ3n) is 5.39. The van der Waals surface area contributed by atoms with Crippen LogP contribution >= 0.6 is 0 Å². The number of hydrogen-bond acceptors (Lipinski definition) is 1. The van der Waals surface area contributed by atoms with Crippen molar-refractivity contribution in [3.8, 4) is 0 Å². The van der Waals surface area contributed by atoms with Crippen molar-refractivity contribution in [3.05, 3.63) is 0 Å². The minimum absolute atomic E-state index is 0.104. The minimum Gasteiger partial charge on any atom is -0.393 e. The first-order valence-electron chi connectivity index (χ1n) is 7.00. The minimum atomic E-state index is -0.104. The molecule has 16 heavy (non-hydrogen) atoms. The van der Waals surface area contributed by atoms with Crippen molar-refractivity contribution in [1.29, 1.82) is 0 Å². The normalized spacial score (nSPS) is 32.6. The molecule has 3 atom stereocenters. The van der Waals surface area contributed by atoms with Crippen LogP contribution in [0.15, 0.2) is 0 Å². The van der Waals surface area contributed by atoms with Gasteiger partial charge >= 0.3 is 0 Å². The summed E-state index contributed by atoms with van der Waals surface area (Å²) in [6, 6.07) is 0. The van der Waals surface area contributed by atoms with Crippen molar-refractivity contribution in [3.63, 3.8) is 0 Å². The second-order valence-electron chi connectivity index (χ2n) is 6.79. The van der Waals surface area contributed by atoms with Gasteiger partial charge < -0.3 is 5.11 Å². The van der Waals surface area contributed by atoms with Gasteiger partial charge in [-0.25, -0.2) is 0 Å². The highest BCUT2D eigenvalue weighted by Gasteiger charge is 2.44. The van der Waals surface area contributed by atoms with E-state index in [4.69, 9.17) is 0 Å². The van der Waals surface area contributed by atoms with Gasteiger partial charge in [0, 0.05) is 0 Å². The van der Waals surface area contributed by atoms with E-state index in [1.807, 2.05) is 0 Å². The zero-order chi connectivity index (χ0) is 12.4. The van der Waals surface area contributed by atoms with Gasteiger partial charge in [0.1, 0.15) is 0 Å². The van der Waals surface area contributed by atoms with E-state index in [0.29, 0.717) is 16.7 Å². The summed E-state index contributed by atoms with van der Waals surface area (Å²) >= 11 is 0. The highest BCUT2D eigenvalue weighted by atomic mass is 16.3. The Hall–Kier alpha value is -0.0400. The maximum absolute atomic E-state index is 9.81. The van der Waals surface area contributed by atoms with E-state index in [1.54, 1.807) is 0 Å². The molecule has 3 unspecified atom stereocenters. The molecule has 0 aromatic rings. The highest BCUT2D eigenvalue weighted by molar-refractivity contribution is 4.95. The van der Waals surface area contributed by atoms with Gasteiger partial charge in [-0.1, -0.05) is 41.0 Å². The Morgan fingerprint density at radius 2 is 1.81 bits per heavy atom. The number of aliphatic hydroxyl groups excluding tert-OH is 1. The molecule has 0 radical (unpaired) electrons. The molecule has 0 aliphatic heterocycles. The molecule has 0 heterocycles. The Morgan fingerprint density at radius 3 is 2.25 bits per heavy atom. The van der Waals surface area contributed by atoms with Crippen LogP contribution in [0.3, 0.4) is 0 Å². The maximum Gasteiger partial charge on any atom is 0.0563 e. The van der Waals surface area contributed by atoms with Gasteiger partial charge in [-0.3, -0.25) is 0 Å². The van der Waals surface area contributed by atoms with Crippen molar-refractivity contribution in [2.45, 2.75) is 79.2 Å². The first-order valence-corrected chi connectivity index (χ1v) is 7.00. The third-order valence-corrected chi connectivity index (χ3v) is 5.39. The summed E-state index contributed by atoms with van der Waals surface area (Å²) < 4.78 is 0. The third kappa shape index (κ3) is 2.80. The Bertz CT molecular complexity index is 221. The van der Waals surface area contributed by atoms with Crippen LogP contribution in [0.25, 0.3) is 0 Å². The number of hydrogen-bond donors (Lipinski definition) is 1. The van der Waals surface area contributed by atoms with Crippen LogP contribution in [0.1, 0.15) is 73.1 Å². The molecule has 1 N–H and O–H groups in total. The van der Waals surface area contributed by atoms with E-state index in [-0.39, 0.29) is 6.10 Å². The Morgan fingerprint density at radius 1 is 1.19 bits per heavy atom. The summed E-state index contributed by atoms with van der Waals surface area (Å²) in [4.78, 5) is 0. The van der Waals surface area contributed by atoms with Gasteiger partial charge in [-0.05, 0) is 48.9 Å². The second kappa shape index (κ2) is 5.08. The molecule has 1 rings (SSSR count). The van der Waals surface area contributed by atoms with Crippen molar-refractivity contribution in [2.24, 2.45) is 16.7 Å². The lowest BCUT2D eigenvalue weighted by atomic mass is 9.66. The molecule has 0 amide bonds. The van der Waals surface area contributed by atoms with Crippen LogP contribution in [-0.2, 0) is 0 Å². The monoisotopic (exact) mass is 226 g/mol. The summed E-state index contributed by atoms with van der Waals surface area (Å²) in [6.45, 7) is 11.6. The molecule has 0 aromatic carbocycles. The summed E-state index contributed by atoms with van der Waals surface area (Å²) in [5.41, 5.74) is 0.985. The molecule has 0 spiro atoms. The van der Waals surface area contributed by atoms with E-state index in [2.05, 4.69) is 34.6 Å². The second-order valence-corrected chi connectivity index (χ2v) is 6.79. The van der Waals surface area contributed by atoms with Crippen LogP contribution < -0.4 is 0 Å². The van der Waals surface area contributed by atoms with Crippen LogP contribution in [-0.4, -0.2) is 11.2 Å². The zero-order valence-electron chi connectivity index (χ0n) is 11.8. The molecule has 1 nitrogen and oxygen atoms in total. The standard InChI is InChI=1S/C15H30O/c1-6-13(16)12(2)8-11-15(5)10-7-9-14(15,3)4/h12-13,16H,6-11H2,1-5H3. The Labute approximate surface area is 102 Å². The largest absolute Gasteiger partial charge is 0.393 e. The summed E-state index contributed by atoms with van der Waals surface area (Å²) in [5.74, 6) is 0.457. The van der Waals surface area contributed by atoms with Crippen LogP contribution in [0, 0.1) is 16.7 Å². The fourth-order valence-electron chi connectivity index (χ4n) is 3.17. The SMILES string of the molecule is CCC(O)C(C)CCC1(C)CCCC1(C)C. The van der Waals surface area contributed by atoms with E-state index in [9.17, 15) is 5.11 Å². The molecule has 0 bridgehead atoms. The molecule has 1 aliphatic carbocycles. The topological polar surface area (TPSA) is 20.2 Å². The molecular weight excluding hydrogens is 196 g/mol. The number of rotatable bonds is 5. The van der Waals surface area contributed by atoms with Crippen molar-refractivity contribution >= 4 is 0 Å². The van der Waals surface area contributed by atoms with Gasteiger partial charge in [-0.15, -0.1) is 0 Å². The predicted octanol–water partition coefficient (Wildman–Crippen LogP) is 4.39. The predicted molar refractivity (Wildman–Crippen MR) is 70.4 cm³/mol. The lowest BCUT2D eigenvalue weighted by molar-refractivity contribution is 0.0719. The van der Waals surface area contributed by atoms with E-state index in [1.165, 1.54) is 32.1 Å². The average molecular weight is 226 g/mol.